The van der Waals surface area contributed by atoms with Crippen LogP contribution in [0.2, 0.25) is 0 Å². The number of amides is 2. The predicted octanol–water partition coefficient (Wildman–Crippen LogP) is 1.84. The summed E-state index contributed by atoms with van der Waals surface area (Å²) in [5.41, 5.74) is 0.970. The molecule has 2 aromatic rings. The van der Waals surface area contributed by atoms with E-state index in [4.69, 9.17) is 4.74 Å². The third-order valence-corrected chi connectivity index (χ3v) is 4.15. The number of likely N-dealkylation sites (tertiary alicyclic amines) is 1. The molecular formula is C17H23N5O2. The maximum Gasteiger partial charge on any atom is 0.317 e. The molecule has 3 heterocycles. The van der Waals surface area contributed by atoms with E-state index in [0.717, 1.165) is 44.1 Å². The van der Waals surface area contributed by atoms with Gasteiger partial charge < -0.3 is 15.0 Å². The van der Waals surface area contributed by atoms with Crippen molar-refractivity contribution in [2.24, 2.45) is 5.92 Å². The standard InChI is InChI=1S/C17H23N5O2/c1-2-24-12-15-5-7-21(11-15)17(23)20-10-14-3-4-16(19-9-14)22-8-6-18-13-22/h3-4,6,8-9,13,15H,2,5,7,10-12H2,1H3,(H,20,23)/t15-/m1/s1. The van der Waals surface area contributed by atoms with Crippen molar-refractivity contribution in [3.63, 3.8) is 0 Å². The Morgan fingerprint density at radius 2 is 2.38 bits per heavy atom. The van der Waals surface area contributed by atoms with Crippen LogP contribution in [0.4, 0.5) is 4.79 Å². The van der Waals surface area contributed by atoms with Gasteiger partial charge in [0.2, 0.25) is 0 Å². The number of urea groups is 1. The smallest absolute Gasteiger partial charge is 0.317 e. The molecule has 2 aromatic heterocycles. The van der Waals surface area contributed by atoms with Crippen LogP contribution in [-0.2, 0) is 11.3 Å². The Hall–Kier alpha value is -2.41. The zero-order valence-electron chi connectivity index (χ0n) is 13.9. The molecule has 1 fully saturated rings. The van der Waals surface area contributed by atoms with Crippen LogP contribution in [0.5, 0.6) is 0 Å². The average molecular weight is 329 g/mol. The van der Waals surface area contributed by atoms with Crippen LogP contribution < -0.4 is 5.32 Å². The van der Waals surface area contributed by atoms with Crippen molar-refractivity contribution in [1.29, 1.82) is 0 Å². The van der Waals surface area contributed by atoms with Gasteiger partial charge in [0.25, 0.3) is 0 Å². The van der Waals surface area contributed by atoms with Crippen LogP contribution in [0.25, 0.3) is 5.82 Å². The molecule has 7 heteroatoms. The normalized spacial score (nSPS) is 17.2. The fourth-order valence-electron chi connectivity index (χ4n) is 2.80. The first kappa shape index (κ1) is 16.4. The molecule has 0 saturated carbocycles. The van der Waals surface area contributed by atoms with Gasteiger partial charge >= 0.3 is 6.03 Å². The summed E-state index contributed by atoms with van der Waals surface area (Å²) < 4.78 is 7.28. The molecule has 1 saturated heterocycles. The van der Waals surface area contributed by atoms with Gasteiger partial charge in [0.1, 0.15) is 12.1 Å². The zero-order chi connectivity index (χ0) is 16.8. The molecule has 0 aliphatic carbocycles. The minimum atomic E-state index is -0.0207. The lowest BCUT2D eigenvalue weighted by Crippen LogP contribution is -2.38. The van der Waals surface area contributed by atoms with Crippen molar-refractivity contribution in [1.82, 2.24) is 24.8 Å². The molecule has 0 unspecified atom stereocenters. The van der Waals surface area contributed by atoms with E-state index >= 15 is 0 Å². The Balaban J connectivity index is 1.46. The molecule has 0 radical (unpaired) electrons. The van der Waals surface area contributed by atoms with Gasteiger partial charge in [0.05, 0.1) is 6.61 Å². The topological polar surface area (TPSA) is 72.3 Å². The van der Waals surface area contributed by atoms with E-state index in [2.05, 4.69) is 15.3 Å². The molecule has 1 aliphatic rings. The molecule has 0 bridgehead atoms. The summed E-state index contributed by atoms with van der Waals surface area (Å²) in [6, 6.07) is 3.86. The van der Waals surface area contributed by atoms with Crippen LogP contribution in [0.15, 0.2) is 37.1 Å². The Labute approximate surface area is 141 Å². The predicted molar refractivity (Wildman–Crippen MR) is 89.8 cm³/mol. The van der Waals surface area contributed by atoms with E-state index in [-0.39, 0.29) is 6.03 Å². The maximum atomic E-state index is 12.2. The van der Waals surface area contributed by atoms with E-state index in [1.165, 1.54) is 0 Å². The fraction of sp³-hybridized carbons (Fsp3) is 0.471. The van der Waals surface area contributed by atoms with Gasteiger partial charge in [0.15, 0.2) is 0 Å². The van der Waals surface area contributed by atoms with E-state index in [0.29, 0.717) is 12.5 Å². The van der Waals surface area contributed by atoms with Crippen LogP contribution in [-0.4, -0.2) is 51.8 Å². The number of hydrogen-bond donors (Lipinski definition) is 1. The number of ether oxygens (including phenoxy) is 1. The number of carbonyl (C=O) groups excluding carboxylic acids is 1. The van der Waals surface area contributed by atoms with E-state index in [1.54, 1.807) is 18.7 Å². The summed E-state index contributed by atoms with van der Waals surface area (Å²) in [6.07, 6.45) is 8.04. The number of imidazole rings is 1. The third-order valence-electron chi connectivity index (χ3n) is 4.15. The van der Waals surface area contributed by atoms with Gasteiger partial charge in [0, 0.05) is 50.7 Å². The van der Waals surface area contributed by atoms with Crippen LogP contribution in [0.1, 0.15) is 18.9 Å². The minimum Gasteiger partial charge on any atom is -0.381 e. The number of rotatable bonds is 6. The number of pyridine rings is 1. The van der Waals surface area contributed by atoms with E-state index < -0.39 is 0 Å². The second-order valence-corrected chi connectivity index (χ2v) is 5.91. The number of hydrogen-bond acceptors (Lipinski definition) is 4. The van der Waals surface area contributed by atoms with Crippen molar-refractivity contribution >= 4 is 6.03 Å². The molecule has 0 aromatic carbocycles. The molecule has 1 aliphatic heterocycles. The first-order valence-electron chi connectivity index (χ1n) is 8.30. The van der Waals surface area contributed by atoms with Gasteiger partial charge in [-0.2, -0.15) is 0 Å². The Morgan fingerprint density at radius 3 is 3.08 bits per heavy atom. The number of nitrogens with one attached hydrogen (secondary N) is 1. The molecule has 1 atom stereocenters. The van der Waals surface area contributed by atoms with Crippen molar-refractivity contribution in [3.8, 4) is 5.82 Å². The number of carbonyl (C=O) groups is 1. The molecule has 7 nitrogen and oxygen atoms in total. The van der Waals surface area contributed by atoms with Crippen molar-refractivity contribution in [2.45, 2.75) is 19.9 Å². The molecule has 2 amide bonds. The van der Waals surface area contributed by atoms with Crippen LogP contribution in [0.3, 0.4) is 0 Å². The summed E-state index contributed by atoms with van der Waals surface area (Å²) in [4.78, 5) is 22.5. The summed E-state index contributed by atoms with van der Waals surface area (Å²) in [7, 11) is 0. The fourth-order valence-corrected chi connectivity index (χ4v) is 2.80. The first-order chi connectivity index (χ1) is 11.8. The molecule has 1 N–H and O–H groups in total. The quantitative estimate of drug-likeness (QED) is 0.878. The lowest BCUT2D eigenvalue weighted by Gasteiger charge is -2.17. The Morgan fingerprint density at radius 1 is 1.46 bits per heavy atom. The highest BCUT2D eigenvalue weighted by molar-refractivity contribution is 5.74. The monoisotopic (exact) mass is 329 g/mol. The summed E-state index contributed by atoms with van der Waals surface area (Å²) in [5, 5.41) is 2.96. The van der Waals surface area contributed by atoms with Gasteiger partial charge in [-0.3, -0.25) is 4.57 Å². The van der Waals surface area contributed by atoms with Crippen LogP contribution in [0, 0.1) is 5.92 Å². The second kappa shape index (κ2) is 7.92. The summed E-state index contributed by atoms with van der Waals surface area (Å²) in [6.45, 7) is 5.49. The van der Waals surface area contributed by atoms with Gasteiger partial charge in [-0.1, -0.05) is 6.07 Å². The average Bonchev–Trinajstić information content (AvgIpc) is 3.30. The summed E-state index contributed by atoms with van der Waals surface area (Å²) >= 11 is 0. The van der Waals surface area contributed by atoms with Crippen LogP contribution >= 0.6 is 0 Å². The van der Waals surface area contributed by atoms with Gasteiger partial charge in [-0.05, 0) is 25.0 Å². The number of nitrogens with zero attached hydrogens (tertiary/aromatic N) is 4. The molecule has 128 valence electrons. The highest BCUT2D eigenvalue weighted by Crippen LogP contribution is 2.16. The van der Waals surface area contributed by atoms with Gasteiger partial charge in [-0.25, -0.2) is 14.8 Å². The molecule has 24 heavy (non-hydrogen) atoms. The Bertz CT molecular complexity index is 642. The first-order valence-corrected chi connectivity index (χ1v) is 8.30. The maximum absolute atomic E-state index is 12.2. The third kappa shape index (κ3) is 4.11. The molecular weight excluding hydrogens is 306 g/mol. The van der Waals surface area contributed by atoms with Crippen molar-refractivity contribution < 1.29 is 9.53 Å². The summed E-state index contributed by atoms with van der Waals surface area (Å²) in [5.74, 6) is 1.26. The minimum absolute atomic E-state index is 0.0207. The van der Waals surface area contributed by atoms with Crippen molar-refractivity contribution in [2.75, 3.05) is 26.3 Å². The SMILES string of the molecule is CCOC[C@@H]1CCN(C(=O)NCc2ccc(-n3ccnc3)nc2)C1. The molecule has 0 spiro atoms. The highest BCUT2D eigenvalue weighted by atomic mass is 16.5. The lowest BCUT2D eigenvalue weighted by molar-refractivity contribution is 0.113. The van der Waals surface area contributed by atoms with Gasteiger partial charge in [-0.15, -0.1) is 0 Å². The highest BCUT2D eigenvalue weighted by Gasteiger charge is 2.25. The Kier molecular flexibility index (Phi) is 5.43. The largest absolute Gasteiger partial charge is 0.381 e. The van der Waals surface area contributed by atoms with Crippen molar-refractivity contribution in [3.05, 3.63) is 42.6 Å². The molecule has 3 rings (SSSR count). The zero-order valence-corrected chi connectivity index (χ0v) is 13.9. The second-order valence-electron chi connectivity index (χ2n) is 5.91. The lowest BCUT2D eigenvalue weighted by atomic mass is 10.1. The van der Waals surface area contributed by atoms with E-state index in [9.17, 15) is 4.79 Å². The number of aromatic nitrogens is 3. The van der Waals surface area contributed by atoms with E-state index in [1.807, 2.05) is 34.7 Å².